The zero-order valence-corrected chi connectivity index (χ0v) is 14.3. The molecule has 118 valence electrons. The molecular formula is C19H31NO. The molecule has 3 atom stereocenters. The standard InChI is InChI=1S/C19H31NO/c1-6-15-8-7-9-16(12-15)17-10-11-19(21-14(2)3)18(13-17)20(4)5/h7-9,12,14,17-19H,6,10-11,13H2,1-5H3/t17-,18-,19-/m0/s1. The lowest BCUT2D eigenvalue weighted by Crippen LogP contribution is -2.45. The van der Waals surface area contributed by atoms with Gasteiger partial charge in [-0.1, -0.05) is 31.2 Å². The largest absolute Gasteiger partial charge is 0.374 e. The summed E-state index contributed by atoms with van der Waals surface area (Å²) in [5.74, 6) is 0.677. The van der Waals surface area contributed by atoms with Gasteiger partial charge in [0, 0.05) is 6.04 Å². The quantitative estimate of drug-likeness (QED) is 0.804. The van der Waals surface area contributed by atoms with E-state index in [4.69, 9.17) is 4.74 Å². The molecule has 1 aliphatic rings. The van der Waals surface area contributed by atoms with Crippen LogP contribution in [0.2, 0.25) is 0 Å². The molecule has 0 unspecified atom stereocenters. The van der Waals surface area contributed by atoms with E-state index in [0.29, 0.717) is 24.2 Å². The molecule has 2 heteroatoms. The minimum absolute atomic E-state index is 0.317. The van der Waals surface area contributed by atoms with Gasteiger partial charge in [0.2, 0.25) is 0 Å². The molecule has 0 radical (unpaired) electrons. The number of hydrogen-bond acceptors (Lipinski definition) is 2. The second-order valence-corrected chi connectivity index (χ2v) is 6.86. The van der Waals surface area contributed by atoms with Crippen LogP contribution >= 0.6 is 0 Å². The Labute approximate surface area is 130 Å². The summed E-state index contributed by atoms with van der Waals surface area (Å²) in [7, 11) is 4.37. The minimum Gasteiger partial charge on any atom is -0.374 e. The summed E-state index contributed by atoms with van der Waals surface area (Å²) >= 11 is 0. The van der Waals surface area contributed by atoms with Crippen molar-refractivity contribution in [3.8, 4) is 0 Å². The van der Waals surface area contributed by atoms with Crippen molar-refractivity contribution in [1.29, 1.82) is 0 Å². The van der Waals surface area contributed by atoms with Gasteiger partial charge in [0.15, 0.2) is 0 Å². The van der Waals surface area contributed by atoms with Crippen LogP contribution in [0.5, 0.6) is 0 Å². The summed E-state index contributed by atoms with van der Waals surface area (Å²) in [6.45, 7) is 6.52. The second kappa shape index (κ2) is 7.42. The summed E-state index contributed by atoms with van der Waals surface area (Å²) in [6.07, 6.45) is 5.44. The van der Waals surface area contributed by atoms with Gasteiger partial charge >= 0.3 is 0 Å². The Morgan fingerprint density at radius 1 is 1.24 bits per heavy atom. The highest BCUT2D eigenvalue weighted by molar-refractivity contribution is 5.27. The average molecular weight is 289 g/mol. The van der Waals surface area contributed by atoms with Crippen molar-refractivity contribution in [3.63, 3.8) is 0 Å². The van der Waals surface area contributed by atoms with E-state index in [0.717, 1.165) is 6.42 Å². The van der Waals surface area contributed by atoms with E-state index in [-0.39, 0.29) is 0 Å². The van der Waals surface area contributed by atoms with Crippen LogP contribution in [-0.4, -0.2) is 37.2 Å². The topological polar surface area (TPSA) is 12.5 Å². The maximum Gasteiger partial charge on any atom is 0.0733 e. The van der Waals surface area contributed by atoms with E-state index in [1.54, 1.807) is 0 Å². The average Bonchev–Trinajstić information content (AvgIpc) is 2.47. The lowest BCUT2D eigenvalue weighted by molar-refractivity contribution is -0.0569. The highest BCUT2D eigenvalue weighted by atomic mass is 16.5. The molecule has 1 saturated carbocycles. The Balaban J connectivity index is 2.10. The molecule has 21 heavy (non-hydrogen) atoms. The molecule has 0 aliphatic heterocycles. The molecule has 0 spiro atoms. The van der Waals surface area contributed by atoms with Gasteiger partial charge in [-0.25, -0.2) is 0 Å². The summed E-state index contributed by atoms with van der Waals surface area (Å²) < 4.78 is 6.15. The number of ether oxygens (including phenoxy) is 1. The number of rotatable bonds is 5. The van der Waals surface area contributed by atoms with Crippen molar-refractivity contribution in [2.75, 3.05) is 14.1 Å². The Bertz CT molecular complexity index is 441. The van der Waals surface area contributed by atoms with Gasteiger partial charge in [0.1, 0.15) is 0 Å². The van der Waals surface area contributed by atoms with Crippen LogP contribution in [0.3, 0.4) is 0 Å². The van der Waals surface area contributed by atoms with Gasteiger partial charge in [0.05, 0.1) is 12.2 Å². The van der Waals surface area contributed by atoms with Gasteiger partial charge in [-0.3, -0.25) is 0 Å². The highest BCUT2D eigenvalue weighted by Gasteiger charge is 2.33. The van der Waals surface area contributed by atoms with Gasteiger partial charge in [-0.05, 0) is 70.7 Å². The van der Waals surface area contributed by atoms with Crippen LogP contribution < -0.4 is 0 Å². The van der Waals surface area contributed by atoms with Crippen LogP contribution in [0.4, 0.5) is 0 Å². The molecule has 0 heterocycles. The molecular weight excluding hydrogens is 258 g/mol. The molecule has 0 aromatic heterocycles. The summed E-state index contributed by atoms with van der Waals surface area (Å²) in [4.78, 5) is 2.35. The fourth-order valence-corrected chi connectivity index (χ4v) is 3.54. The van der Waals surface area contributed by atoms with Crippen molar-refractivity contribution >= 4 is 0 Å². The van der Waals surface area contributed by atoms with Crippen molar-refractivity contribution in [2.24, 2.45) is 0 Å². The predicted molar refractivity (Wildman–Crippen MR) is 89.9 cm³/mol. The first-order valence-corrected chi connectivity index (χ1v) is 8.42. The van der Waals surface area contributed by atoms with E-state index in [2.05, 4.69) is 64.0 Å². The molecule has 0 bridgehead atoms. The van der Waals surface area contributed by atoms with Gasteiger partial charge in [0.25, 0.3) is 0 Å². The molecule has 2 nitrogen and oxygen atoms in total. The molecule has 1 aliphatic carbocycles. The normalized spacial score (nSPS) is 26.5. The molecule has 1 aromatic carbocycles. The van der Waals surface area contributed by atoms with Crippen LogP contribution in [0.25, 0.3) is 0 Å². The SMILES string of the molecule is CCc1cccc([C@H]2CC[C@H](OC(C)C)[C@@H](N(C)C)C2)c1. The highest BCUT2D eigenvalue weighted by Crippen LogP contribution is 2.36. The maximum absolute atomic E-state index is 6.15. The minimum atomic E-state index is 0.317. The number of aryl methyl sites for hydroxylation is 1. The van der Waals surface area contributed by atoms with E-state index < -0.39 is 0 Å². The fraction of sp³-hybridized carbons (Fsp3) is 0.684. The lowest BCUT2D eigenvalue weighted by atomic mass is 9.79. The molecule has 1 aromatic rings. The van der Waals surface area contributed by atoms with Crippen molar-refractivity contribution in [2.45, 2.75) is 70.6 Å². The Hall–Kier alpha value is -0.860. The summed E-state index contributed by atoms with van der Waals surface area (Å²) in [5.41, 5.74) is 2.97. The third-order valence-electron chi connectivity index (χ3n) is 4.70. The zero-order chi connectivity index (χ0) is 15.4. The van der Waals surface area contributed by atoms with Gasteiger partial charge in [-0.2, -0.15) is 0 Å². The van der Waals surface area contributed by atoms with Crippen LogP contribution in [0.15, 0.2) is 24.3 Å². The molecule has 1 fully saturated rings. The second-order valence-electron chi connectivity index (χ2n) is 6.86. The number of likely N-dealkylation sites (N-methyl/N-ethyl adjacent to an activating group) is 1. The molecule has 0 amide bonds. The van der Waals surface area contributed by atoms with E-state index in [9.17, 15) is 0 Å². The Morgan fingerprint density at radius 3 is 2.62 bits per heavy atom. The number of nitrogens with zero attached hydrogens (tertiary/aromatic N) is 1. The smallest absolute Gasteiger partial charge is 0.0733 e. The van der Waals surface area contributed by atoms with Crippen molar-refractivity contribution in [1.82, 2.24) is 4.90 Å². The summed E-state index contributed by atoms with van der Waals surface area (Å²) in [6, 6.07) is 9.69. The van der Waals surface area contributed by atoms with E-state index >= 15 is 0 Å². The first kappa shape index (κ1) is 16.5. The first-order chi connectivity index (χ1) is 10.0. The van der Waals surface area contributed by atoms with Gasteiger partial charge in [-0.15, -0.1) is 0 Å². The van der Waals surface area contributed by atoms with E-state index in [1.165, 1.54) is 30.4 Å². The fourth-order valence-electron chi connectivity index (χ4n) is 3.54. The summed E-state index contributed by atoms with van der Waals surface area (Å²) in [5, 5.41) is 0. The first-order valence-electron chi connectivity index (χ1n) is 8.42. The Morgan fingerprint density at radius 2 is 2.00 bits per heavy atom. The predicted octanol–water partition coefficient (Wildman–Crippen LogP) is 4.24. The molecule has 0 N–H and O–H groups in total. The third kappa shape index (κ3) is 4.31. The van der Waals surface area contributed by atoms with Crippen LogP contribution in [-0.2, 0) is 11.2 Å². The third-order valence-corrected chi connectivity index (χ3v) is 4.70. The molecule has 2 rings (SSSR count). The van der Waals surface area contributed by atoms with Crippen LogP contribution in [0.1, 0.15) is 57.1 Å². The number of benzene rings is 1. The van der Waals surface area contributed by atoms with E-state index in [1.807, 2.05) is 0 Å². The zero-order valence-electron chi connectivity index (χ0n) is 14.3. The lowest BCUT2D eigenvalue weighted by Gasteiger charge is -2.40. The number of hydrogen-bond donors (Lipinski definition) is 0. The van der Waals surface area contributed by atoms with Crippen molar-refractivity contribution < 1.29 is 4.74 Å². The Kier molecular flexibility index (Phi) is 5.83. The maximum atomic E-state index is 6.15. The monoisotopic (exact) mass is 289 g/mol. The molecule has 0 saturated heterocycles. The van der Waals surface area contributed by atoms with Crippen molar-refractivity contribution in [3.05, 3.63) is 35.4 Å². The van der Waals surface area contributed by atoms with Gasteiger partial charge < -0.3 is 9.64 Å². The van der Waals surface area contributed by atoms with Crippen LogP contribution in [0, 0.1) is 0 Å².